The number of rotatable bonds is 7. The summed E-state index contributed by atoms with van der Waals surface area (Å²) in [6.07, 6.45) is 0.220. The summed E-state index contributed by atoms with van der Waals surface area (Å²) in [5, 5.41) is 10.2. The standard InChI is InChI=1S/C19H25NO4/c1-13(2)9-10-17(21)14(3)18(22)20-16(12-24-19(20)23)11-15-7-5-4-6-8-15/h4-8,14,16-17,21H,1,9-12H2,2-3H3/t14-,16-,17+/m0/s1. The van der Waals surface area contributed by atoms with Crippen LogP contribution in [0, 0.1) is 5.92 Å². The number of hydrogen-bond donors (Lipinski definition) is 1. The summed E-state index contributed by atoms with van der Waals surface area (Å²) in [5.41, 5.74) is 1.99. The molecule has 2 amide bonds. The summed E-state index contributed by atoms with van der Waals surface area (Å²) in [6, 6.07) is 9.34. The van der Waals surface area contributed by atoms with Gasteiger partial charge < -0.3 is 9.84 Å². The zero-order chi connectivity index (χ0) is 17.7. The molecule has 5 heteroatoms. The molecule has 1 N–H and O–H groups in total. The molecular weight excluding hydrogens is 306 g/mol. The molecule has 0 aliphatic carbocycles. The van der Waals surface area contributed by atoms with E-state index < -0.39 is 18.1 Å². The molecule has 0 saturated carbocycles. The number of ether oxygens (including phenoxy) is 1. The van der Waals surface area contributed by atoms with Gasteiger partial charge in [0, 0.05) is 0 Å². The van der Waals surface area contributed by atoms with Crippen molar-refractivity contribution in [2.24, 2.45) is 5.92 Å². The summed E-state index contributed by atoms with van der Waals surface area (Å²) in [4.78, 5) is 25.9. The van der Waals surface area contributed by atoms with Crippen molar-refractivity contribution in [3.8, 4) is 0 Å². The van der Waals surface area contributed by atoms with Crippen molar-refractivity contribution >= 4 is 12.0 Å². The summed E-state index contributed by atoms with van der Waals surface area (Å²) >= 11 is 0. The van der Waals surface area contributed by atoms with E-state index in [-0.39, 0.29) is 18.6 Å². The van der Waals surface area contributed by atoms with Gasteiger partial charge in [0.1, 0.15) is 6.61 Å². The van der Waals surface area contributed by atoms with Crippen molar-refractivity contribution in [3.05, 3.63) is 48.0 Å². The molecule has 1 aliphatic heterocycles. The summed E-state index contributed by atoms with van der Waals surface area (Å²) < 4.78 is 5.07. The number of imide groups is 1. The Morgan fingerprint density at radius 3 is 2.71 bits per heavy atom. The Labute approximate surface area is 142 Å². The highest BCUT2D eigenvalue weighted by Crippen LogP contribution is 2.22. The van der Waals surface area contributed by atoms with Gasteiger partial charge in [-0.3, -0.25) is 4.79 Å². The van der Waals surface area contributed by atoms with Gasteiger partial charge in [0.25, 0.3) is 0 Å². The van der Waals surface area contributed by atoms with Crippen LogP contribution in [0.2, 0.25) is 0 Å². The Morgan fingerprint density at radius 2 is 2.08 bits per heavy atom. The number of benzene rings is 1. The number of allylic oxidation sites excluding steroid dienone is 1. The van der Waals surface area contributed by atoms with Gasteiger partial charge in [0.2, 0.25) is 5.91 Å². The monoisotopic (exact) mass is 331 g/mol. The summed E-state index contributed by atoms with van der Waals surface area (Å²) in [6.45, 7) is 7.52. The first-order valence-corrected chi connectivity index (χ1v) is 8.26. The fourth-order valence-electron chi connectivity index (χ4n) is 2.80. The lowest BCUT2D eigenvalue weighted by Gasteiger charge is -2.25. The molecule has 3 atom stereocenters. The normalized spacial score (nSPS) is 19.7. The van der Waals surface area contributed by atoms with Gasteiger partial charge in [-0.2, -0.15) is 0 Å². The lowest BCUT2D eigenvalue weighted by atomic mass is 9.96. The van der Waals surface area contributed by atoms with Crippen LogP contribution in [-0.4, -0.2) is 40.8 Å². The minimum Gasteiger partial charge on any atom is -0.447 e. The Balaban J connectivity index is 2.04. The van der Waals surface area contributed by atoms with Crippen LogP contribution in [0.1, 0.15) is 32.3 Å². The molecule has 24 heavy (non-hydrogen) atoms. The van der Waals surface area contributed by atoms with Gasteiger partial charge >= 0.3 is 6.09 Å². The lowest BCUT2D eigenvalue weighted by Crippen LogP contribution is -2.45. The number of amides is 2. The Morgan fingerprint density at radius 1 is 1.42 bits per heavy atom. The smallest absolute Gasteiger partial charge is 0.416 e. The number of nitrogens with zero attached hydrogens (tertiary/aromatic N) is 1. The van der Waals surface area contributed by atoms with Crippen LogP contribution >= 0.6 is 0 Å². The highest BCUT2D eigenvalue weighted by Gasteiger charge is 2.41. The second kappa shape index (κ2) is 8.11. The van der Waals surface area contributed by atoms with Gasteiger partial charge in [0.05, 0.1) is 18.1 Å². The molecule has 1 fully saturated rings. The van der Waals surface area contributed by atoms with E-state index in [4.69, 9.17) is 4.74 Å². The van der Waals surface area contributed by atoms with Crippen LogP contribution in [-0.2, 0) is 16.0 Å². The zero-order valence-corrected chi connectivity index (χ0v) is 14.3. The first-order chi connectivity index (χ1) is 11.4. The van der Waals surface area contributed by atoms with E-state index in [0.29, 0.717) is 19.3 Å². The lowest BCUT2D eigenvalue weighted by molar-refractivity contribution is -0.136. The van der Waals surface area contributed by atoms with Crippen LogP contribution in [0.4, 0.5) is 4.79 Å². The highest BCUT2D eigenvalue weighted by molar-refractivity contribution is 5.94. The first kappa shape index (κ1) is 18.2. The van der Waals surface area contributed by atoms with Gasteiger partial charge in [-0.15, -0.1) is 6.58 Å². The Kier molecular flexibility index (Phi) is 6.15. The van der Waals surface area contributed by atoms with E-state index in [1.807, 2.05) is 37.3 Å². The first-order valence-electron chi connectivity index (χ1n) is 8.26. The maximum absolute atomic E-state index is 12.7. The Bertz CT molecular complexity index is 599. The molecule has 0 radical (unpaired) electrons. The average Bonchev–Trinajstić information content (AvgIpc) is 2.92. The molecule has 0 aromatic heterocycles. The molecule has 130 valence electrons. The van der Waals surface area contributed by atoms with Crippen LogP contribution in [0.5, 0.6) is 0 Å². The number of hydrogen-bond acceptors (Lipinski definition) is 4. The van der Waals surface area contributed by atoms with Gasteiger partial charge in [-0.05, 0) is 31.7 Å². The molecule has 1 aromatic carbocycles. The van der Waals surface area contributed by atoms with Crippen molar-refractivity contribution in [1.29, 1.82) is 0 Å². The van der Waals surface area contributed by atoms with E-state index in [9.17, 15) is 14.7 Å². The van der Waals surface area contributed by atoms with Crippen LogP contribution in [0.25, 0.3) is 0 Å². The predicted octanol–water partition coefficient (Wildman–Crippen LogP) is 2.93. The molecule has 1 aromatic rings. The van der Waals surface area contributed by atoms with Crippen molar-refractivity contribution in [2.45, 2.75) is 45.3 Å². The Hall–Kier alpha value is -2.14. The number of aliphatic hydroxyl groups excluding tert-OH is 1. The molecule has 1 saturated heterocycles. The SMILES string of the molecule is C=C(C)CC[C@@H](O)[C@H](C)C(=O)N1C(=O)OC[C@@H]1Cc1ccccc1. The number of carbonyl (C=O) groups is 2. The maximum Gasteiger partial charge on any atom is 0.416 e. The number of aliphatic hydroxyl groups is 1. The number of cyclic esters (lactones) is 1. The minimum absolute atomic E-state index is 0.189. The second-order valence-corrected chi connectivity index (χ2v) is 6.48. The minimum atomic E-state index is -0.806. The van der Waals surface area contributed by atoms with E-state index in [2.05, 4.69) is 6.58 Å². The van der Waals surface area contributed by atoms with E-state index in [0.717, 1.165) is 11.1 Å². The molecule has 5 nitrogen and oxygen atoms in total. The second-order valence-electron chi connectivity index (χ2n) is 6.48. The van der Waals surface area contributed by atoms with Crippen LogP contribution in [0.3, 0.4) is 0 Å². The van der Waals surface area contributed by atoms with Crippen LogP contribution < -0.4 is 0 Å². The third kappa shape index (κ3) is 4.45. The maximum atomic E-state index is 12.7. The molecule has 2 rings (SSSR count). The van der Waals surface area contributed by atoms with Crippen LogP contribution in [0.15, 0.2) is 42.5 Å². The number of carbonyl (C=O) groups excluding carboxylic acids is 2. The molecule has 0 spiro atoms. The molecule has 1 heterocycles. The highest BCUT2D eigenvalue weighted by atomic mass is 16.6. The third-order valence-corrected chi connectivity index (χ3v) is 4.35. The van der Waals surface area contributed by atoms with E-state index in [1.165, 1.54) is 4.90 Å². The third-order valence-electron chi connectivity index (χ3n) is 4.35. The molecule has 1 aliphatic rings. The van der Waals surface area contributed by atoms with Gasteiger partial charge in [-0.1, -0.05) is 42.8 Å². The quantitative estimate of drug-likeness (QED) is 0.780. The fraction of sp³-hybridized carbons (Fsp3) is 0.474. The predicted molar refractivity (Wildman–Crippen MR) is 91.3 cm³/mol. The largest absolute Gasteiger partial charge is 0.447 e. The van der Waals surface area contributed by atoms with E-state index >= 15 is 0 Å². The van der Waals surface area contributed by atoms with Crippen molar-refractivity contribution in [3.63, 3.8) is 0 Å². The molecular formula is C19H25NO4. The molecule has 0 bridgehead atoms. The topological polar surface area (TPSA) is 66.8 Å². The fourth-order valence-corrected chi connectivity index (χ4v) is 2.80. The zero-order valence-electron chi connectivity index (χ0n) is 14.3. The molecule has 0 unspecified atom stereocenters. The average molecular weight is 331 g/mol. The summed E-state index contributed by atoms with van der Waals surface area (Å²) in [5.74, 6) is -1.04. The van der Waals surface area contributed by atoms with Crippen molar-refractivity contribution in [1.82, 2.24) is 4.90 Å². The van der Waals surface area contributed by atoms with Gasteiger partial charge in [0.15, 0.2) is 0 Å². The van der Waals surface area contributed by atoms with Crippen molar-refractivity contribution in [2.75, 3.05) is 6.61 Å². The van der Waals surface area contributed by atoms with Gasteiger partial charge in [-0.25, -0.2) is 9.69 Å². The van der Waals surface area contributed by atoms with E-state index in [1.54, 1.807) is 6.92 Å². The summed E-state index contributed by atoms with van der Waals surface area (Å²) in [7, 11) is 0. The van der Waals surface area contributed by atoms with Crippen molar-refractivity contribution < 1.29 is 19.4 Å².